The van der Waals surface area contributed by atoms with Crippen LogP contribution in [0.5, 0.6) is 0 Å². The van der Waals surface area contributed by atoms with Crippen molar-refractivity contribution < 1.29 is 3.89 Å². The minimum absolute atomic E-state index is 0.0594. The molecule has 0 unspecified atom stereocenters. The molecule has 92 valence electrons. The van der Waals surface area contributed by atoms with E-state index in [1.807, 2.05) is 16.9 Å². The van der Waals surface area contributed by atoms with E-state index in [0.29, 0.717) is 0 Å². The molecule has 0 saturated heterocycles. The molecule has 0 saturated carbocycles. The van der Waals surface area contributed by atoms with Gasteiger partial charge in [-0.15, -0.1) is 15.6 Å². The van der Waals surface area contributed by atoms with Crippen molar-refractivity contribution in [3.05, 3.63) is 31.0 Å². The zero-order valence-corrected chi connectivity index (χ0v) is 11.0. The van der Waals surface area contributed by atoms with Crippen molar-refractivity contribution >= 4 is 29.7 Å². The van der Waals surface area contributed by atoms with Gasteiger partial charge in [0.1, 0.15) is 5.03 Å². The molecule has 0 bridgehead atoms. The van der Waals surface area contributed by atoms with E-state index < -0.39 is 0 Å². The van der Waals surface area contributed by atoms with Gasteiger partial charge in [0.25, 0.3) is 0 Å². The average Bonchev–Trinajstić information content (AvgIpc) is 3.03. The van der Waals surface area contributed by atoms with Crippen molar-refractivity contribution in [2.75, 3.05) is 6.26 Å². The molecule has 0 aliphatic heterocycles. The Labute approximate surface area is 111 Å². The summed E-state index contributed by atoms with van der Waals surface area (Å²) in [6.45, 7) is 0. The molecule has 18 heavy (non-hydrogen) atoms. The molecule has 3 aromatic heterocycles. The molecule has 0 aliphatic rings. The molecule has 5 nitrogen and oxygen atoms in total. The van der Waals surface area contributed by atoms with Crippen LogP contribution in [-0.2, 0) is 0 Å². The lowest BCUT2D eigenvalue weighted by Gasteiger charge is -2.00. The zero-order chi connectivity index (χ0) is 12.5. The van der Waals surface area contributed by atoms with Gasteiger partial charge < -0.3 is 0 Å². The molecule has 0 aromatic carbocycles. The smallest absolute Gasteiger partial charge is 0.187 e. The number of thioether (sulfide) groups is 1. The molecule has 0 spiro atoms. The predicted molar refractivity (Wildman–Crippen MR) is 70.1 cm³/mol. The summed E-state index contributed by atoms with van der Waals surface area (Å²) in [6.07, 6.45) is 10.5. The summed E-state index contributed by atoms with van der Waals surface area (Å²) in [4.78, 5) is 8.59. The number of hydrogen-bond acceptors (Lipinski definition) is 5. The van der Waals surface area contributed by atoms with Crippen LogP contribution in [0.2, 0.25) is 0 Å². The highest BCUT2D eigenvalue weighted by atomic mass is 32.2. The SMILES string of the molecule is CSc1nccn2c(-c3cnn(SF)c3)cnc12. The first-order chi connectivity index (χ1) is 8.83. The highest BCUT2D eigenvalue weighted by Crippen LogP contribution is 2.25. The molecule has 8 heteroatoms. The Morgan fingerprint density at radius 3 is 2.89 bits per heavy atom. The summed E-state index contributed by atoms with van der Waals surface area (Å²) < 4.78 is 15.5. The second-order valence-corrected chi connectivity index (χ2v) is 4.78. The number of hydrogen-bond donors (Lipinski definition) is 0. The second-order valence-electron chi connectivity index (χ2n) is 3.47. The molecule has 0 fully saturated rings. The summed E-state index contributed by atoms with van der Waals surface area (Å²) in [5, 5.41) is 4.74. The van der Waals surface area contributed by atoms with Crippen LogP contribution < -0.4 is 0 Å². The summed E-state index contributed by atoms with van der Waals surface area (Å²) in [7, 11) is 0. The van der Waals surface area contributed by atoms with Crippen LogP contribution in [0.3, 0.4) is 0 Å². The zero-order valence-electron chi connectivity index (χ0n) is 9.32. The number of halogens is 1. The molecule has 0 aliphatic carbocycles. The number of fused-ring (bicyclic) bond motifs is 1. The lowest BCUT2D eigenvalue weighted by molar-refractivity contribution is 0.878. The van der Waals surface area contributed by atoms with Crippen LogP contribution in [0.4, 0.5) is 3.89 Å². The largest absolute Gasteiger partial charge is 0.296 e. The van der Waals surface area contributed by atoms with Gasteiger partial charge in [-0.2, -0.15) is 9.19 Å². The van der Waals surface area contributed by atoms with Gasteiger partial charge in [0.15, 0.2) is 18.0 Å². The van der Waals surface area contributed by atoms with Crippen molar-refractivity contribution in [3.63, 3.8) is 0 Å². The molecule has 0 atom stereocenters. The van der Waals surface area contributed by atoms with Crippen molar-refractivity contribution in [2.24, 2.45) is 0 Å². The van der Waals surface area contributed by atoms with Crippen LogP contribution in [0.15, 0.2) is 36.0 Å². The van der Waals surface area contributed by atoms with Crippen molar-refractivity contribution in [2.45, 2.75) is 5.03 Å². The van der Waals surface area contributed by atoms with E-state index in [9.17, 15) is 3.89 Å². The van der Waals surface area contributed by atoms with Gasteiger partial charge >= 0.3 is 0 Å². The highest BCUT2D eigenvalue weighted by molar-refractivity contribution is 7.98. The van der Waals surface area contributed by atoms with Gasteiger partial charge in [0.2, 0.25) is 0 Å². The Kier molecular flexibility index (Phi) is 2.96. The molecule has 0 N–H and O–H groups in total. The van der Waals surface area contributed by atoms with Gasteiger partial charge in [0, 0.05) is 24.2 Å². The van der Waals surface area contributed by atoms with Crippen LogP contribution in [-0.4, -0.2) is 29.8 Å². The monoisotopic (exact) mass is 281 g/mol. The van der Waals surface area contributed by atoms with E-state index in [4.69, 9.17) is 0 Å². The Morgan fingerprint density at radius 1 is 1.28 bits per heavy atom. The topological polar surface area (TPSA) is 48.0 Å². The minimum Gasteiger partial charge on any atom is -0.296 e. The van der Waals surface area contributed by atoms with Crippen LogP contribution >= 0.6 is 24.1 Å². The van der Waals surface area contributed by atoms with Crippen molar-refractivity contribution in [1.29, 1.82) is 0 Å². The first-order valence-corrected chi connectivity index (χ1v) is 6.93. The Morgan fingerprint density at radius 2 is 2.17 bits per heavy atom. The molecular weight excluding hydrogens is 273 g/mol. The van der Waals surface area contributed by atoms with Gasteiger partial charge in [-0.1, -0.05) is 0 Å². The maximum atomic E-state index is 12.4. The Bertz CT molecular complexity index is 692. The molecular formula is C10H8FN5S2. The third-order valence-electron chi connectivity index (χ3n) is 2.52. The fraction of sp³-hybridized carbons (Fsp3) is 0.100. The molecule has 3 aromatic rings. The third kappa shape index (κ3) is 1.77. The lowest BCUT2D eigenvalue weighted by Crippen LogP contribution is -1.91. The van der Waals surface area contributed by atoms with Crippen molar-refractivity contribution in [1.82, 2.24) is 23.6 Å². The maximum Gasteiger partial charge on any atom is 0.187 e. The van der Waals surface area contributed by atoms with Gasteiger partial charge in [-0.25, -0.2) is 9.97 Å². The number of nitrogens with zero attached hydrogens (tertiary/aromatic N) is 5. The van der Waals surface area contributed by atoms with E-state index in [0.717, 1.165) is 26.0 Å². The summed E-state index contributed by atoms with van der Waals surface area (Å²) >= 11 is 1.60. The Hall–Kier alpha value is -1.54. The molecule has 3 heterocycles. The van der Waals surface area contributed by atoms with E-state index in [1.54, 1.807) is 24.8 Å². The first-order valence-electron chi connectivity index (χ1n) is 5.03. The molecule has 3 rings (SSSR count). The Balaban J connectivity index is 2.18. The van der Waals surface area contributed by atoms with E-state index in [1.165, 1.54) is 11.8 Å². The standard InChI is InChI=1S/C10H8FN5S2/c1-17-10-9-13-5-8(15(9)3-2-12-10)7-4-14-16(6-7)18-11/h2-6H,1H3. The first kappa shape index (κ1) is 11.5. The van der Waals surface area contributed by atoms with Crippen LogP contribution in [0, 0.1) is 0 Å². The molecule has 0 amide bonds. The predicted octanol–water partition coefficient (Wildman–Crippen LogP) is 2.70. The van der Waals surface area contributed by atoms with E-state index in [2.05, 4.69) is 15.1 Å². The summed E-state index contributed by atoms with van der Waals surface area (Å²) in [6, 6.07) is 0. The van der Waals surface area contributed by atoms with Crippen molar-refractivity contribution in [3.8, 4) is 11.3 Å². The maximum absolute atomic E-state index is 12.4. The van der Waals surface area contributed by atoms with Crippen LogP contribution in [0.25, 0.3) is 16.9 Å². The number of aromatic nitrogens is 5. The summed E-state index contributed by atoms with van der Waals surface area (Å²) in [5.74, 6) is 0. The van der Waals surface area contributed by atoms with E-state index >= 15 is 0 Å². The highest BCUT2D eigenvalue weighted by Gasteiger charge is 2.11. The third-order valence-corrected chi connectivity index (χ3v) is 3.53. The normalized spacial score (nSPS) is 11.2. The number of imidazole rings is 1. The van der Waals surface area contributed by atoms with Gasteiger partial charge in [-0.3, -0.25) is 4.40 Å². The van der Waals surface area contributed by atoms with Gasteiger partial charge in [0.05, 0.1) is 18.1 Å². The quantitative estimate of drug-likeness (QED) is 0.691. The minimum atomic E-state index is 0.0594. The second kappa shape index (κ2) is 4.62. The van der Waals surface area contributed by atoms with Gasteiger partial charge in [-0.05, 0) is 6.26 Å². The fourth-order valence-corrected chi connectivity index (χ4v) is 2.46. The lowest BCUT2D eigenvalue weighted by atomic mass is 10.3. The fourth-order valence-electron chi connectivity index (χ4n) is 1.73. The summed E-state index contributed by atoms with van der Waals surface area (Å²) in [5.41, 5.74) is 2.47. The average molecular weight is 281 g/mol. The molecule has 0 radical (unpaired) electrons. The van der Waals surface area contributed by atoms with Crippen LogP contribution in [0.1, 0.15) is 0 Å². The number of rotatable bonds is 3. The van der Waals surface area contributed by atoms with E-state index in [-0.39, 0.29) is 12.3 Å².